The lowest BCUT2D eigenvalue weighted by atomic mass is 9.96. The van der Waals surface area contributed by atoms with E-state index < -0.39 is 0 Å². The number of hydrogen-bond acceptors (Lipinski definition) is 3. The van der Waals surface area contributed by atoms with Gasteiger partial charge in [0.05, 0.1) is 5.39 Å². The van der Waals surface area contributed by atoms with Gasteiger partial charge in [0.15, 0.2) is 5.82 Å². The molecule has 1 N–H and O–H groups in total. The Morgan fingerprint density at radius 2 is 1.70 bits per heavy atom. The van der Waals surface area contributed by atoms with Gasteiger partial charge in [-0.1, -0.05) is 48.5 Å². The molecule has 0 amide bonds. The summed E-state index contributed by atoms with van der Waals surface area (Å²) in [5.41, 5.74) is 1.52. The molecule has 2 aromatic carbocycles. The van der Waals surface area contributed by atoms with Crippen LogP contribution in [0, 0.1) is 0 Å². The Morgan fingerprint density at radius 3 is 2.39 bits per heavy atom. The van der Waals surface area contributed by atoms with Crippen molar-refractivity contribution in [3.8, 4) is 0 Å². The predicted molar refractivity (Wildman–Crippen MR) is 92.8 cm³/mol. The molecule has 0 aliphatic heterocycles. The maximum absolute atomic E-state index is 12.2. The molecule has 0 spiro atoms. The highest BCUT2D eigenvalue weighted by molar-refractivity contribution is 5.90. The van der Waals surface area contributed by atoms with E-state index in [4.69, 9.17) is 0 Å². The Bertz CT molecular complexity index is 911. The minimum atomic E-state index is -0.0599. The zero-order chi connectivity index (χ0) is 15.9. The molecule has 1 heterocycles. The van der Waals surface area contributed by atoms with Gasteiger partial charge in [0.2, 0.25) is 0 Å². The van der Waals surface area contributed by atoms with E-state index in [-0.39, 0.29) is 11.0 Å². The summed E-state index contributed by atoms with van der Waals surface area (Å²) in [7, 11) is 1.70. The number of rotatable bonds is 4. The third kappa shape index (κ3) is 2.40. The van der Waals surface area contributed by atoms with Crippen LogP contribution in [0.25, 0.3) is 10.8 Å². The number of anilines is 1. The maximum atomic E-state index is 12.2. The van der Waals surface area contributed by atoms with E-state index in [1.165, 1.54) is 23.1 Å². The molecule has 116 valence electrons. The lowest BCUT2D eigenvalue weighted by Crippen LogP contribution is -2.24. The average molecular weight is 305 g/mol. The SMILES string of the molecule is Cn1nc(NCC2(c3ccccc3)CC2)c2ccccc2c1=O. The molecule has 1 saturated carbocycles. The molecule has 0 unspecified atom stereocenters. The standard InChI is InChI=1S/C19H19N3O/c1-22-18(23)16-10-6-5-9-15(16)17(21-22)20-13-19(11-12-19)14-7-3-2-4-8-14/h2-10H,11-13H2,1H3,(H,20,21). The van der Waals surface area contributed by atoms with Crippen molar-refractivity contribution in [1.29, 1.82) is 0 Å². The molecule has 4 rings (SSSR count). The molecule has 23 heavy (non-hydrogen) atoms. The smallest absolute Gasteiger partial charge is 0.274 e. The summed E-state index contributed by atoms with van der Waals surface area (Å²) in [6.45, 7) is 0.839. The molecule has 0 saturated heterocycles. The van der Waals surface area contributed by atoms with Gasteiger partial charge in [-0.2, -0.15) is 5.10 Å². The van der Waals surface area contributed by atoms with Gasteiger partial charge in [-0.25, -0.2) is 4.68 Å². The Balaban J connectivity index is 1.67. The second-order valence-electron chi connectivity index (χ2n) is 6.32. The molecular weight excluding hydrogens is 286 g/mol. The minimum Gasteiger partial charge on any atom is -0.367 e. The van der Waals surface area contributed by atoms with E-state index >= 15 is 0 Å². The predicted octanol–water partition coefficient (Wildman–Crippen LogP) is 3.08. The van der Waals surface area contributed by atoms with Crippen molar-refractivity contribution in [2.45, 2.75) is 18.3 Å². The Morgan fingerprint density at radius 1 is 1.04 bits per heavy atom. The molecule has 1 aromatic heterocycles. The van der Waals surface area contributed by atoms with E-state index in [0.717, 1.165) is 17.7 Å². The monoisotopic (exact) mass is 305 g/mol. The summed E-state index contributed by atoms with van der Waals surface area (Å²) in [6, 6.07) is 18.3. The van der Waals surface area contributed by atoms with Gasteiger partial charge in [-0.05, 0) is 24.5 Å². The largest absolute Gasteiger partial charge is 0.367 e. The fourth-order valence-electron chi connectivity index (χ4n) is 3.19. The fourth-order valence-corrected chi connectivity index (χ4v) is 3.19. The van der Waals surface area contributed by atoms with Crippen molar-refractivity contribution in [2.24, 2.45) is 7.05 Å². The molecule has 0 radical (unpaired) electrons. The summed E-state index contributed by atoms with van der Waals surface area (Å²) in [6.07, 6.45) is 2.38. The molecule has 0 atom stereocenters. The number of aryl methyl sites for hydroxylation is 1. The van der Waals surface area contributed by atoms with Crippen LogP contribution < -0.4 is 10.9 Å². The van der Waals surface area contributed by atoms with Crippen molar-refractivity contribution >= 4 is 16.6 Å². The van der Waals surface area contributed by atoms with Gasteiger partial charge >= 0.3 is 0 Å². The fraction of sp³-hybridized carbons (Fsp3) is 0.263. The van der Waals surface area contributed by atoms with E-state index in [0.29, 0.717) is 5.39 Å². The number of aromatic nitrogens is 2. The number of nitrogens with zero attached hydrogens (tertiary/aromatic N) is 2. The van der Waals surface area contributed by atoms with Crippen molar-refractivity contribution < 1.29 is 0 Å². The number of hydrogen-bond donors (Lipinski definition) is 1. The van der Waals surface area contributed by atoms with Gasteiger partial charge in [-0.15, -0.1) is 0 Å². The van der Waals surface area contributed by atoms with Crippen LogP contribution in [-0.2, 0) is 12.5 Å². The number of benzene rings is 2. The molecular formula is C19H19N3O. The van der Waals surface area contributed by atoms with Gasteiger partial charge in [-0.3, -0.25) is 4.79 Å². The lowest BCUT2D eigenvalue weighted by Gasteiger charge is -2.18. The molecule has 4 heteroatoms. The van der Waals surface area contributed by atoms with Crippen LogP contribution in [0.5, 0.6) is 0 Å². The molecule has 1 aliphatic carbocycles. The van der Waals surface area contributed by atoms with Crippen molar-refractivity contribution in [3.63, 3.8) is 0 Å². The minimum absolute atomic E-state index is 0.0599. The first-order valence-electron chi connectivity index (χ1n) is 7.95. The van der Waals surface area contributed by atoms with Crippen LogP contribution in [0.3, 0.4) is 0 Å². The highest BCUT2D eigenvalue weighted by atomic mass is 16.1. The average Bonchev–Trinajstić information content (AvgIpc) is 3.39. The van der Waals surface area contributed by atoms with Gasteiger partial charge in [0.25, 0.3) is 5.56 Å². The Labute approximate surface area is 134 Å². The Kier molecular flexibility index (Phi) is 3.18. The maximum Gasteiger partial charge on any atom is 0.274 e. The number of nitrogens with one attached hydrogen (secondary N) is 1. The van der Waals surface area contributed by atoms with E-state index in [1.54, 1.807) is 7.05 Å². The van der Waals surface area contributed by atoms with Crippen LogP contribution in [0.1, 0.15) is 18.4 Å². The van der Waals surface area contributed by atoms with Crippen LogP contribution in [-0.4, -0.2) is 16.3 Å². The van der Waals surface area contributed by atoms with E-state index in [1.807, 2.05) is 24.3 Å². The van der Waals surface area contributed by atoms with Crippen molar-refractivity contribution in [3.05, 3.63) is 70.5 Å². The van der Waals surface area contributed by atoms with E-state index in [2.05, 4.69) is 40.7 Å². The second-order valence-corrected chi connectivity index (χ2v) is 6.32. The van der Waals surface area contributed by atoms with Crippen molar-refractivity contribution in [1.82, 2.24) is 9.78 Å². The molecule has 4 nitrogen and oxygen atoms in total. The summed E-state index contributed by atoms with van der Waals surface area (Å²) in [4.78, 5) is 12.2. The first-order chi connectivity index (χ1) is 11.2. The summed E-state index contributed by atoms with van der Waals surface area (Å²) in [5, 5.41) is 9.50. The summed E-state index contributed by atoms with van der Waals surface area (Å²) >= 11 is 0. The van der Waals surface area contributed by atoms with Crippen LogP contribution in [0.15, 0.2) is 59.4 Å². The Hall–Kier alpha value is -2.62. The van der Waals surface area contributed by atoms with Crippen LogP contribution in [0.2, 0.25) is 0 Å². The number of fused-ring (bicyclic) bond motifs is 1. The third-order valence-corrected chi connectivity index (χ3v) is 4.79. The van der Waals surface area contributed by atoms with Gasteiger partial charge in [0.1, 0.15) is 0 Å². The second kappa shape index (κ2) is 5.23. The lowest BCUT2D eigenvalue weighted by molar-refractivity contribution is 0.699. The van der Waals surface area contributed by atoms with Crippen LogP contribution in [0.4, 0.5) is 5.82 Å². The quantitative estimate of drug-likeness (QED) is 0.806. The first-order valence-corrected chi connectivity index (χ1v) is 7.95. The molecule has 1 aliphatic rings. The third-order valence-electron chi connectivity index (χ3n) is 4.79. The van der Waals surface area contributed by atoms with Gasteiger partial charge in [0, 0.05) is 24.4 Å². The highest BCUT2D eigenvalue weighted by Gasteiger charge is 2.43. The molecule has 0 bridgehead atoms. The normalized spacial score (nSPS) is 15.5. The van der Waals surface area contributed by atoms with Crippen LogP contribution >= 0.6 is 0 Å². The zero-order valence-electron chi connectivity index (χ0n) is 13.1. The van der Waals surface area contributed by atoms with Crippen molar-refractivity contribution in [2.75, 3.05) is 11.9 Å². The van der Waals surface area contributed by atoms with E-state index in [9.17, 15) is 4.79 Å². The zero-order valence-corrected chi connectivity index (χ0v) is 13.1. The van der Waals surface area contributed by atoms with Gasteiger partial charge < -0.3 is 5.32 Å². The highest BCUT2D eigenvalue weighted by Crippen LogP contribution is 2.48. The summed E-state index contributed by atoms with van der Waals surface area (Å²) in [5.74, 6) is 0.782. The molecule has 1 fully saturated rings. The molecule has 3 aromatic rings. The first kappa shape index (κ1) is 14.0. The summed E-state index contributed by atoms with van der Waals surface area (Å²) < 4.78 is 1.41. The topological polar surface area (TPSA) is 46.9 Å².